The quantitative estimate of drug-likeness (QED) is 0.847. The predicted molar refractivity (Wildman–Crippen MR) is 65.4 cm³/mol. The second-order valence-corrected chi connectivity index (χ2v) is 5.33. The van der Waals surface area contributed by atoms with Crippen molar-refractivity contribution in [3.8, 4) is 0 Å². The van der Waals surface area contributed by atoms with Crippen LogP contribution < -0.4 is 5.32 Å². The third kappa shape index (κ3) is 2.67. The summed E-state index contributed by atoms with van der Waals surface area (Å²) in [7, 11) is 0. The summed E-state index contributed by atoms with van der Waals surface area (Å²) < 4.78 is 0. The number of carboxylic acids is 1. The van der Waals surface area contributed by atoms with Gasteiger partial charge >= 0.3 is 5.97 Å². The van der Waals surface area contributed by atoms with Gasteiger partial charge in [0.2, 0.25) is 0 Å². The summed E-state index contributed by atoms with van der Waals surface area (Å²) >= 11 is 0. The Morgan fingerprint density at radius 2 is 2.22 bits per heavy atom. The first-order chi connectivity index (χ1) is 8.40. The van der Waals surface area contributed by atoms with E-state index in [1.165, 1.54) is 18.3 Å². The van der Waals surface area contributed by atoms with Crippen molar-refractivity contribution in [2.24, 2.45) is 11.3 Å². The van der Waals surface area contributed by atoms with E-state index in [-0.39, 0.29) is 17.2 Å². The number of carbonyl (C=O) groups is 2. The fraction of sp³-hybridized carbons (Fsp3) is 0.462. The molecule has 0 saturated heterocycles. The number of carbonyl (C=O) groups excluding carboxylic acids is 1. The molecule has 1 aromatic heterocycles. The Morgan fingerprint density at radius 3 is 2.78 bits per heavy atom. The zero-order chi connectivity index (χ0) is 13.3. The molecule has 1 aliphatic carbocycles. The lowest BCUT2D eigenvalue weighted by atomic mass is 10.1. The van der Waals surface area contributed by atoms with E-state index in [0.717, 1.165) is 6.42 Å². The Hall–Kier alpha value is -1.91. The number of amides is 1. The summed E-state index contributed by atoms with van der Waals surface area (Å²) in [6, 6.07) is 2.65. The molecule has 18 heavy (non-hydrogen) atoms. The van der Waals surface area contributed by atoms with E-state index in [4.69, 9.17) is 5.11 Å². The smallest absolute Gasteiger partial charge is 0.335 e. The molecule has 1 saturated carbocycles. The van der Waals surface area contributed by atoms with Crippen LogP contribution in [0.5, 0.6) is 0 Å². The van der Waals surface area contributed by atoms with Gasteiger partial charge in [-0.25, -0.2) is 4.79 Å². The first-order valence-corrected chi connectivity index (χ1v) is 5.88. The largest absolute Gasteiger partial charge is 0.478 e. The molecule has 5 heteroatoms. The van der Waals surface area contributed by atoms with E-state index < -0.39 is 5.97 Å². The number of nitrogens with zero attached hydrogens (tertiary/aromatic N) is 1. The van der Waals surface area contributed by atoms with Crippen LogP contribution in [0.2, 0.25) is 0 Å². The number of hydrogen-bond acceptors (Lipinski definition) is 3. The maximum absolute atomic E-state index is 11.8. The molecule has 0 aliphatic heterocycles. The van der Waals surface area contributed by atoms with Crippen LogP contribution in [-0.2, 0) is 0 Å². The highest BCUT2D eigenvalue weighted by Gasteiger charge is 2.45. The Kier molecular flexibility index (Phi) is 3.07. The normalized spacial score (nSPS) is 20.2. The van der Waals surface area contributed by atoms with Gasteiger partial charge < -0.3 is 10.4 Å². The molecule has 1 amide bonds. The molecule has 5 nitrogen and oxygen atoms in total. The van der Waals surface area contributed by atoms with Gasteiger partial charge in [-0.05, 0) is 29.9 Å². The molecule has 0 radical (unpaired) electrons. The Bertz CT molecular complexity index is 497. The van der Waals surface area contributed by atoms with Crippen molar-refractivity contribution in [2.45, 2.75) is 20.3 Å². The van der Waals surface area contributed by atoms with Crippen molar-refractivity contribution in [1.29, 1.82) is 0 Å². The van der Waals surface area contributed by atoms with E-state index in [2.05, 4.69) is 24.1 Å². The third-order valence-corrected chi connectivity index (χ3v) is 3.47. The lowest BCUT2D eigenvalue weighted by molar-refractivity contribution is 0.0696. The van der Waals surface area contributed by atoms with E-state index in [0.29, 0.717) is 17.9 Å². The predicted octanol–water partition coefficient (Wildman–Crippen LogP) is 1.56. The summed E-state index contributed by atoms with van der Waals surface area (Å²) in [6.45, 7) is 4.94. The summed E-state index contributed by atoms with van der Waals surface area (Å²) in [6.07, 6.45) is 2.44. The summed E-state index contributed by atoms with van der Waals surface area (Å²) in [4.78, 5) is 26.5. The first kappa shape index (κ1) is 12.5. The van der Waals surface area contributed by atoms with Crippen LogP contribution >= 0.6 is 0 Å². The number of hydrogen-bond donors (Lipinski definition) is 2. The van der Waals surface area contributed by atoms with Gasteiger partial charge in [0, 0.05) is 12.7 Å². The maximum Gasteiger partial charge on any atom is 0.335 e. The minimum Gasteiger partial charge on any atom is -0.478 e. The van der Waals surface area contributed by atoms with Crippen LogP contribution in [0.15, 0.2) is 18.3 Å². The molecular weight excluding hydrogens is 232 g/mol. The van der Waals surface area contributed by atoms with Crippen LogP contribution in [0, 0.1) is 11.3 Å². The monoisotopic (exact) mass is 248 g/mol. The van der Waals surface area contributed by atoms with Gasteiger partial charge in [0.1, 0.15) is 5.69 Å². The average Bonchev–Trinajstić information content (AvgIpc) is 2.94. The molecule has 2 N–H and O–H groups in total. The Balaban J connectivity index is 1.96. The highest BCUT2D eigenvalue weighted by Crippen LogP contribution is 2.50. The van der Waals surface area contributed by atoms with Crippen molar-refractivity contribution >= 4 is 11.9 Å². The maximum atomic E-state index is 11.8. The lowest BCUT2D eigenvalue weighted by Gasteiger charge is -2.06. The van der Waals surface area contributed by atoms with Crippen LogP contribution in [-0.4, -0.2) is 28.5 Å². The second kappa shape index (κ2) is 4.40. The molecule has 1 atom stereocenters. The number of pyridine rings is 1. The molecular formula is C13H16N2O3. The fourth-order valence-corrected chi connectivity index (χ4v) is 1.92. The fourth-order valence-electron chi connectivity index (χ4n) is 1.92. The highest BCUT2D eigenvalue weighted by molar-refractivity contribution is 5.95. The Morgan fingerprint density at radius 1 is 1.56 bits per heavy atom. The van der Waals surface area contributed by atoms with Gasteiger partial charge in [0.05, 0.1) is 5.56 Å². The minimum absolute atomic E-state index is 0.0712. The van der Waals surface area contributed by atoms with Crippen molar-refractivity contribution in [1.82, 2.24) is 10.3 Å². The van der Waals surface area contributed by atoms with E-state index >= 15 is 0 Å². The minimum atomic E-state index is -1.06. The topological polar surface area (TPSA) is 79.3 Å². The third-order valence-electron chi connectivity index (χ3n) is 3.47. The van der Waals surface area contributed by atoms with Crippen molar-refractivity contribution in [3.05, 3.63) is 29.6 Å². The van der Waals surface area contributed by atoms with E-state index in [9.17, 15) is 9.59 Å². The zero-order valence-corrected chi connectivity index (χ0v) is 10.4. The highest BCUT2D eigenvalue weighted by atomic mass is 16.4. The van der Waals surface area contributed by atoms with E-state index in [1.54, 1.807) is 0 Å². The van der Waals surface area contributed by atoms with E-state index in [1.807, 2.05) is 0 Å². The molecule has 0 bridgehead atoms. The zero-order valence-electron chi connectivity index (χ0n) is 10.4. The summed E-state index contributed by atoms with van der Waals surface area (Å²) in [5.41, 5.74) is 0.527. The standard InChI is InChI=1S/C13H16N2O3/c1-13(2)6-9(13)7-15-11(16)10-5-8(12(17)18)3-4-14-10/h3-5,9H,6-7H2,1-2H3,(H,15,16)(H,17,18). The van der Waals surface area contributed by atoms with Crippen LogP contribution in [0.4, 0.5) is 0 Å². The van der Waals surface area contributed by atoms with Gasteiger partial charge in [-0.2, -0.15) is 0 Å². The van der Waals surface area contributed by atoms with Gasteiger partial charge in [-0.3, -0.25) is 9.78 Å². The molecule has 1 heterocycles. The van der Waals surface area contributed by atoms with Crippen molar-refractivity contribution < 1.29 is 14.7 Å². The average molecular weight is 248 g/mol. The first-order valence-electron chi connectivity index (χ1n) is 5.88. The lowest BCUT2D eigenvalue weighted by Crippen LogP contribution is -2.27. The molecule has 96 valence electrons. The molecule has 0 aromatic carbocycles. The summed E-state index contributed by atoms with van der Waals surface area (Å²) in [5, 5.41) is 11.6. The number of carboxylic acid groups (broad SMARTS) is 1. The van der Waals surface area contributed by atoms with Crippen molar-refractivity contribution in [2.75, 3.05) is 6.54 Å². The van der Waals surface area contributed by atoms with Crippen LogP contribution in [0.25, 0.3) is 0 Å². The molecule has 1 fully saturated rings. The second-order valence-electron chi connectivity index (χ2n) is 5.33. The molecule has 1 aromatic rings. The molecule has 0 spiro atoms. The Labute approximate surface area is 105 Å². The molecule has 1 aliphatic rings. The number of rotatable bonds is 4. The van der Waals surface area contributed by atoms with Gasteiger partial charge in [-0.15, -0.1) is 0 Å². The van der Waals surface area contributed by atoms with Crippen LogP contribution in [0.1, 0.15) is 41.1 Å². The number of aromatic nitrogens is 1. The SMILES string of the molecule is CC1(C)CC1CNC(=O)c1cc(C(=O)O)ccn1. The molecule has 1 unspecified atom stereocenters. The number of aromatic carboxylic acids is 1. The number of nitrogens with one attached hydrogen (secondary N) is 1. The van der Waals surface area contributed by atoms with Gasteiger partial charge in [0.25, 0.3) is 5.91 Å². The van der Waals surface area contributed by atoms with Gasteiger partial charge in [-0.1, -0.05) is 13.8 Å². The summed E-state index contributed by atoms with van der Waals surface area (Å²) in [5.74, 6) is -0.875. The van der Waals surface area contributed by atoms with Gasteiger partial charge in [0.15, 0.2) is 0 Å². The van der Waals surface area contributed by atoms with Crippen molar-refractivity contribution in [3.63, 3.8) is 0 Å². The van der Waals surface area contributed by atoms with Crippen LogP contribution in [0.3, 0.4) is 0 Å². The molecule has 2 rings (SSSR count).